The van der Waals surface area contributed by atoms with Gasteiger partial charge in [-0.15, -0.1) is 0 Å². The van der Waals surface area contributed by atoms with Crippen molar-refractivity contribution in [3.8, 4) is 0 Å². The van der Waals surface area contributed by atoms with Gasteiger partial charge in [0, 0.05) is 19.3 Å². The third-order valence-corrected chi connectivity index (χ3v) is 12.8. The minimum Gasteiger partial charge on any atom is -0.462 e. The normalized spacial score (nSPS) is 12.3. The van der Waals surface area contributed by atoms with Crippen LogP contribution in [0.4, 0.5) is 0 Å². The summed E-state index contributed by atoms with van der Waals surface area (Å²) in [6, 6.07) is 0. The molecule has 0 fully saturated rings. The summed E-state index contributed by atoms with van der Waals surface area (Å²) in [5.74, 6) is -0.884. The second-order valence-corrected chi connectivity index (χ2v) is 19.6. The zero-order chi connectivity index (χ0) is 48.6. The molecule has 0 aliphatic carbocycles. The predicted octanol–water partition coefficient (Wildman–Crippen LogP) is 19.4. The van der Waals surface area contributed by atoms with E-state index in [9.17, 15) is 14.4 Å². The van der Waals surface area contributed by atoms with Crippen LogP contribution in [0.5, 0.6) is 0 Å². The van der Waals surface area contributed by atoms with Gasteiger partial charge in [0.2, 0.25) is 0 Å². The summed E-state index contributed by atoms with van der Waals surface area (Å²) in [6.07, 6.45) is 68.5. The van der Waals surface area contributed by atoms with Gasteiger partial charge in [-0.3, -0.25) is 14.4 Å². The zero-order valence-electron chi connectivity index (χ0n) is 44.7. The molecular weight excluding hydrogens is 829 g/mol. The van der Waals surface area contributed by atoms with Crippen LogP contribution in [0.3, 0.4) is 0 Å². The molecule has 0 radical (unpaired) electrons. The summed E-state index contributed by atoms with van der Waals surface area (Å²) in [5, 5.41) is 0. The summed E-state index contributed by atoms with van der Waals surface area (Å²) >= 11 is 0. The van der Waals surface area contributed by atoms with Crippen molar-refractivity contribution in [1.82, 2.24) is 0 Å². The van der Waals surface area contributed by atoms with Crippen LogP contribution in [-0.4, -0.2) is 37.2 Å². The Morgan fingerprint density at radius 1 is 0.299 bits per heavy atom. The molecule has 390 valence electrons. The van der Waals surface area contributed by atoms with Crippen molar-refractivity contribution >= 4 is 17.9 Å². The second-order valence-electron chi connectivity index (χ2n) is 19.6. The number of unbranched alkanes of at least 4 members (excludes halogenated alkanes) is 34. The Balaban J connectivity index is 4.09. The molecule has 6 heteroatoms. The Bertz CT molecular complexity index is 1170. The zero-order valence-corrected chi connectivity index (χ0v) is 44.7. The SMILES string of the molecule is CCCCCCC/C=C\C/C=C\C/C=C\CCCCCCCCCCCCCCC(=O)OCC(COC(=O)CCCCCCCC)OC(=O)CCCCCCC/C=C\CCCCCCCCC. The molecule has 0 aromatic rings. The predicted molar refractivity (Wildman–Crippen MR) is 289 cm³/mol. The largest absolute Gasteiger partial charge is 0.462 e. The first-order valence-corrected chi connectivity index (χ1v) is 29.1. The van der Waals surface area contributed by atoms with Gasteiger partial charge in [-0.25, -0.2) is 0 Å². The fraction of sp³-hybridized carbons (Fsp3) is 0.820. The van der Waals surface area contributed by atoms with E-state index < -0.39 is 6.10 Å². The van der Waals surface area contributed by atoms with Crippen LogP contribution in [0.25, 0.3) is 0 Å². The van der Waals surface area contributed by atoms with Gasteiger partial charge < -0.3 is 14.2 Å². The van der Waals surface area contributed by atoms with E-state index in [0.29, 0.717) is 19.3 Å². The van der Waals surface area contributed by atoms with Crippen molar-refractivity contribution in [3.63, 3.8) is 0 Å². The molecule has 0 rings (SSSR count). The van der Waals surface area contributed by atoms with E-state index in [2.05, 4.69) is 69.4 Å². The van der Waals surface area contributed by atoms with Crippen molar-refractivity contribution in [3.05, 3.63) is 48.6 Å². The highest BCUT2D eigenvalue weighted by molar-refractivity contribution is 5.71. The van der Waals surface area contributed by atoms with Crippen LogP contribution in [0.1, 0.15) is 303 Å². The third-order valence-electron chi connectivity index (χ3n) is 12.8. The number of carbonyl (C=O) groups is 3. The smallest absolute Gasteiger partial charge is 0.306 e. The van der Waals surface area contributed by atoms with E-state index in [1.54, 1.807) is 0 Å². The van der Waals surface area contributed by atoms with Crippen molar-refractivity contribution in [2.75, 3.05) is 13.2 Å². The van der Waals surface area contributed by atoms with E-state index in [0.717, 1.165) is 77.0 Å². The van der Waals surface area contributed by atoms with Crippen molar-refractivity contribution < 1.29 is 28.6 Å². The molecule has 0 saturated heterocycles. The maximum Gasteiger partial charge on any atom is 0.306 e. The fourth-order valence-corrected chi connectivity index (χ4v) is 8.39. The Labute approximate surface area is 416 Å². The first kappa shape index (κ1) is 64.4. The first-order chi connectivity index (χ1) is 33.0. The molecule has 0 bridgehead atoms. The summed E-state index contributed by atoms with van der Waals surface area (Å²) in [6.45, 7) is 6.58. The molecule has 0 aliphatic rings. The van der Waals surface area contributed by atoms with Gasteiger partial charge in [-0.05, 0) is 83.5 Å². The van der Waals surface area contributed by atoms with Gasteiger partial charge in [-0.2, -0.15) is 0 Å². The highest BCUT2D eigenvalue weighted by Crippen LogP contribution is 2.16. The van der Waals surface area contributed by atoms with Gasteiger partial charge in [0.1, 0.15) is 13.2 Å². The standard InChI is InChI=1S/C61H110O6/c1-4-7-10-13-16-18-20-22-24-26-27-28-29-30-31-32-33-34-35-36-38-39-41-43-45-48-51-54-60(63)66-57-58(56-65-59(62)53-50-47-15-12-9-6-3)67-61(64)55-52-49-46-44-42-40-37-25-23-21-19-17-14-11-8-5-2/h20,22,25-27,29-30,37,58H,4-19,21,23-24,28,31-36,38-57H2,1-3H3/b22-20-,27-26-,30-29-,37-25-. The Morgan fingerprint density at radius 3 is 0.851 bits per heavy atom. The van der Waals surface area contributed by atoms with Gasteiger partial charge >= 0.3 is 17.9 Å². The summed E-state index contributed by atoms with van der Waals surface area (Å²) in [7, 11) is 0. The van der Waals surface area contributed by atoms with Crippen molar-refractivity contribution in [2.24, 2.45) is 0 Å². The van der Waals surface area contributed by atoms with E-state index in [1.807, 2.05) is 0 Å². The Morgan fingerprint density at radius 2 is 0.537 bits per heavy atom. The third kappa shape index (κ3) is 54.2. The number of carbonyl (C=O) groups excluding carboxylic acids is 3. The molecule has 0 aromatic heterocycles. The number of esters is 3. The minimum absolute atomic E-state index is 0.0753. The molecule has 0 aromatic carbocycles. The van der Waals surface area contributed by atoms with Crippen LogP contribution in [0.2, 0.25) is 0 Å². The summed E-state index contributed by atoms with van der Waals surface area (Å²) in [5.41, 5.74) is 0. The maximum absolute atomic E-state index is 12.8. The Hall–Kier alpha value is -2.63. The van der Waals surface area contributed by atoms with Crippen LogP contribution in [-0.2, 0) is 28.6 Å². The molecule has 0 aliphatic heterocycles. The number of ether oxygens (including phenoxy) is 3. The molecule has 6 nitrogen and oxygen atoms in total. The molecular formula is C61H110O6. The Kier molecular flexibility index (Phi) is 53.8. The van der Waals surface area contributed by atoms with Crippen molar-refractivity contribution in [1.29, 1.82) is 0 Å². The molecule has 0 amide bonds. The second kappa shape index (κ2) is 56.0. The van der Waals surface area contributed by atoms with E-state index >= 15 is 0 Å². The lowest BCUT2D eigenvalue weighted by Crippen LogP contribution is -2.30. The van der Waals surface area contributed by atoms with Gasteiger partial charge in [0.25, 0.3) is 0 Å². The lowest BCUT2D eigenvalue weighted by Gasteiger charge is -2.18. The quantitative estimate of drug-likeness (QED) is 0.0262. The van der Waals surface area contributed by atoms with Gasteiger partial charge in [0.05, 0.1) is 0 Å². The molecule has 0 heterocycles. The van der Waals surface area contributed by atoms with E-state index in [1.165, 1.54) is 186 Å². The first-order valence-electron chi connectivity index (χ1n) is 29.1. The van der Waals surface area contributed by atoms with E-state index in [-0.39, 0.29) is 31.1 Å². The average molecular weight is 940 g/mol. The van der Waals surface area contributed by atoms with Crippen LogP contribution in [0.15, 0.2) is 48.6 Å². The lowest BCUT2D eigenvalue weighted by molar-refractivity contribution is -0.167. The average Bonchev–Trinajstić information content (AvgIpc) is 3.33. The van der Waals surface area contributed by atoms with Crippen molar-refractivity contribution in [2.45, 2.75) is 309 Å². The summed E-state index contributed by atoms with van der Waals surface area (Å²) < 4.78 is 16.7. The fourth-order valence-electron chi connectivity index (χ4n) is 8.39. The molecule has 67 heavy (non-hydrogen) atoms. The molecule has 0 saturated carbocycles. The molecule has 0 spiro atoms. The van der Waals surface area contributed by atoms with E-state index in [4.69, 9.17) is 14.2 Å². The number of hydrogen-bond donors (Lipinski definition) is 0. The molecule has 1 atom stereocenters. The van der Waals surface area contributed by atoms with Crippen LogP contribution < -0.4 is 0 Å². The highest BCUT2D eigenvalue weighted by Gasteiger charge is 2.19. The number of rotatable bonds is 53. The maximum atomic E-state index is 12.8. The van der Waals surface area contributed by atoms with Gasteiger partial charge in [0.15, 0.2) is 6.10 Å². The van der Waals surface area contributed by atoms with Crippen LogP contribution in [0, 0.1) is 0 Å². The number of allylic oxidation sites excluding steroid dienone is 8. The topological polar surface area (TPSA) is 78.9 Å². The highest BCUT2D eigenvalue weighted by atomic mass is 16.6. The number of hydrogen-bond acceptors (Lipinski definition) is 6. The lowest BCUT2D eigenvalue weighted by atomic mass is 10.0. The monoisotopic (exact) mass is 939 g/mol. The molecule has 1 unspecified atom stereocenters. The van der Waals surface area contributed by atoms with Crippen LogP contribution >= 0.6 is 0 Å². The summed E-state index contributed by atoms with van der Waals surface area (Å²) in [4.78, 5) is 37.8. The molecule has 0 N–H and O–H groups in total. The van der Waals surface area contributed by atoms with Gasteiger partial charge in [-0.1, -0.05) is 249 Å². The minimum atomic E-state index is -0.773.